The van der Waals surface area contributed by atoms with E-state index in [1.165, 1.54) is 12.1 Å². The van der Waals surface area contributed by atoms with Crippen molar-refractivity contribution in [1.29, 1.82) is 5.26 Å². The van der Waals surface area contributed by atoms with Gasteiger partial charge in [-0.1, -0.05) is 6.07 Å². The molecule has 0 saturated carbocycles. The van der Waals surface area contributed by atoms with Gasteiger partial charge in [0, 0.05) is 18.7 Å². The van der Waals surface area contributed by atoms with Crippen LogP contribution in [-0.2, 0) is 0 Å². The molecule has 0 heterocycles. The summed E-state index contributed by atoms with van der Waals surface area (Å²) in [6, 6.07) is 6.72. The number of aryl methyl sites for hydroxylation is 1. The van der Waals surface area contributed by atoms with E-state index in [0.717, 1.165) is 17.7 Å². The molecule has 0 radical (unpaired) electrons. The third kappa shape index (κ3) is 3.06. The lowest BCUT2D eigenvalue weighted by Crippen LogP contribution is -2.02. The van der Waals surface area contributed by atoms with Crippen LogP contribution in [0.3, 0.4) is 0 Å². The summed E-state index contributed by atoms with van der Waals surface area (Å²) >= 11 is 0. The van der Waals surface area contributed by atoms with E-state index in [0.29, 0.717) is 13.0 Å². The molecule has 74 valence electrons. The van der Waals surface area contributed by atoms with Crippen molar-refractivity contribution in [3.8, 4) is 6.07 Å². The lowest BCUT2D eigenvalue weighted by molar-refractivity contribution is 0.627. The summed E-state index contributed by atoms with van der Waals surface area (Å²) in [5, 5.41) is 11.4. The lowest BCUT2D eigenvalue weighted by atomic mass is 10.2. The second-order valence-corrected chi connectivity index (χ2v) is 3.15. The van der Waals surface area contributed by atoms with E-state index in [2.05, 4.69) is 11.4 Å². The Morgan fingerprint density at radius 3 is 3.00 bits per heavy atom. The minimum Gasteiger partial charge on any atom is -0.385 e. The van der Waals surface area contributed by atoms with Crippen molar-refractivity contribution in [2.75, 3.05) is 11.9 Å². The van der Waals surface area contributed by atoms with Crippen LogP contribution >= 0.6 is 0 Å². The molecule has 0 aliphatic heterocycles. The first kappa shape index (κ1) is 10.5. The molecule has 0 amide bonds. The SMILES string of the molecule is Cc1ccc(F)cc1NCCCC#N. The van der Waals surface area contributed by atoms with Crippen LogP contribution in [0, 0.1) is 24.1 Å². The largest absolute Gasteiger partial charge is 0.385 e. The number of nitrogens with one attached hydrogen (secondary N) is 1. The summed E-state index contributed by atoms with van der Waals surface area (Å²) in [4.78, 5) is 0. The molecule has 0 fully saturated rings. The number of unbranched alkanes of at least 4 members (excludes halogenated alkanes) is 1. The first-order valence-corrected chi connectivity index (χ1v) is 4.61. The predicted molar refractivity (Wildman–Crippen MR) is 54.5 cm³/mol. The van der Waals surface area contributed by atoms with Crippen molar-refractivity contribution in [2.45, 2.75) is 19.8 Å². The molecule has 0 atom stereocenters. The van der Waals surface area contributed by atoms with Crippen LogP contribution < -0.4 is 5.32 Å². The van der Waals surface area contributed by atoms with Crippen molar-refractivity contribution in [2.24, 2.45) is 0 Å². The number of benzene rings is 1. The molecule has 1 N–H and O–H groups in total. The van der Waals surface area contributed by atoms with Crippen LogP contribution in [0.2, 0.25) is 0 Å². The summed E-state index contributed by atoms with van der Waals surface area (Å²) in [5.41, 5.74) is 1.83. The minimum atomic E-state index is -0.238. The monoisotopic (exact) mass is 192 g/mol. The second-order valence-electron chi connectivity index (χ2n) is 3.15. The average molecular weight is 192 g/mol. The van der Waals surface area contributed by atoms with Gasteiger partial charge in [-0.05, 0) is 31.0 Å². The fourth-order valence-corrected chi connectivity index (χ4v) is 1.18. The quantitative estimate of drug-likeness (QED) is 0.744. The molecule has 0 bridgehead atoms. The van der Waals surface area contributed by atoms with E-state index in [-0.39, 0.29) is 5.82 Å². The van der Waals surface area contributed by atoms with E-state index in [9.17, 15) is 4.39 Å². The summed E-state index contributed by atoms with van der Waals surface area (Å²) < 4.78 is 12.8. The van der Waals surface area contributed by atoms with Crippen LogP contribution in [0.25, 0.3) is 0 Å². The molecule has 0 aliphatic rings. The van der Waals surface area contributed by atoms with Gasteiger partial charge in [-0.3, -0.25) is 0 Å². The van der Waals surface area contributed by atoms with E-state index in [4.69, 9.17) is 5.26 Å². The normalized spacial score (nSPS) is 9.50. The molecule has 1 aromatic carbocycles. The van der Waals surface area contributed by atoms with E-state index >= 15 is 0 Å². The van der Waals surface area contributed by atoms with Gasteiger partial charge < -0.3 is 5.32 Å². The molecule has 0 saturated heterocycles. The van der Waals surface area contributed by atoms with Gasteiger partial charge in [0.05, 0.1) is 6.07 Å². The average Bonchev–Trinajstić information content (AvgIpc) is 2.18. The lowest BCUT2D eigenvalue weighted by Gasteiger charge is -2.08. The zero-order chi connectivity index (χ0) is 10.4. The topological polar surface area (TPSA) is 35.8 Å². The standard InChI is InChI=1S/C11H13FN2/c1-9-4-5-10(12)8-11(9)14-7-3-2-6-13/h4-5,8,14H,2-3,7H2,1H3. The van der Waals surface area contributed by atoms with E-state index < -0.39 is 0 Å². The highest BCUT2D eigenvalue weighted by atomic mass is 19.1. The van der Waals surface area contributed by atoms with Crippen molar-refractivity contribution < 1.29 is 4.39 Å². The molecule has 2 nitrogen and oxygen atoms in total. The van der Waals surface area contributed by atoms with Gasteiger partial charge in [0.2, 0.25) is 0 Å². The molecule has 3 heteroatoms. The molecule has 1 aromatic rings. The fourth-order valence-electron chi connectivity index (χ4n) is 1.18. The van der Waals surface area contributed by atoms with E-state index in [1.807, 2.05) is 6.92 Å². The Labute approximate surface area is 83.4 Å². The third-order valence-corrected chi connectivity index (χ3v) is 1.98. The Kier molecular flexibility index (Phi) is 3.93. The smallest absolute Gasteiger partial charge is 0.125 e. The molecule has 1 rings (SSSR count). The molecule has 14 heavy (non-hydrogen) atoms. The highest BCUT2D eigenvalue weighted by Gasteiger charge is 1.98. The van der Waals surface area contributed by atoms with Crippen LogP contribution in [-0.4, -0.2) is 6.54 Å². The van der Waals surface area contributed by atoms with Crippen LogP contribution in [0.1, 0.15) is 18.4 Å². The molecular weight excluding hydrogens is 179 g/mol. The molecule has 0 spiro atoms. The molecular formula is C11H13FN2. The Hall–Kier alpha value is -1.56. The highest BCUT2D eigenvalue weighted by Crippen LogP contribution is 2.15. The summed E-state index contributed by atoms with van der Waals surface area (Å²) in [6.45, 7) is 2.63. The fraction of sp³-hybridized carbons (Fsp3) is 0.364. The first-order chi connectivity index (χ1) is 6.74. The maximum absolute atomic E-state index is 12.8. The number of rotatable bonds is 4. The number of nitrogens with zero attached hydrogens (tertiary/aromatic N) is 1. The Bertz CT molecular complexity index is 342. The van der Waals surface area contributed by atoms with Gasteiger partial charge >= 0.3 is 0 Å². The predicted octanol–water partition coefficient (Wildman–Crippen LogP) is 2.85. The number of nitriles is 1. The summed E-state index contributed by atoms with van der Waals surface area (Å²) in [5.74, 6) is -0.238. The number of halogens is 1. The first-order valence-electron chi connectivity index (χ1n) is 4.61. The van der Waals surface area contributed by atoms with Gasteiger partial charge in [0.25, 0.3) is 0 Å². The zero-order valence-electron chi connectivity index (χ0n) is 8.18. The number of anilines is 1. The van der Waals surface area contributed by atoms with Crippen molar-refractivity contribution in [1.82, 2.24) is 0 Å². The Balaban J connectivity index is 2.50. The van der Waals surface area contributed by atoms with Crippen molar-refractivity contribution in [3.05, 3.63) is 29.6 Å². The maximum atomic E-state index is 12.8. The van der Waals surface area contributed by atoms with E-state index in [1.54, 1.807) is 6.07 Å². The van der Waals surface area contributed by atoms with Gasteiger partial charge in [-0.15, -0.1) is 0 Å². The van der Waals surface area contributed by atoms with Gasteiger partial charge in [0.1, 0.15) is 5.82 Å². The second kappa shape index (κ2) is 5.23. The van der Waals surface area contributed by atoms with Gasteiger partial charge in [0.15, 0.2) is 0 Å². The zero-order valence-corrected chi connectivity index (χ0v) is 8.18. The molecule has 0 unspecified atom stereocenters. The highest BCUT2D eigenvalue weighted by molar-refractivity contribution is 5.50. The number of hydrogen-bond donors (Lipinski definition) is 1. The van der Waals surface area contributed by atoms with Crippen molar-refractivity contribution >= 4 is 5.69 Å². The maximum Gasteiger partial charge on any atom is 0.125 e. The Morgan fingerprint density at radius 2 is 2.29 bits per heavy atom. The Morgan fingerprint density at radius 1 is 1.50 bits per heavy atom. The summed E-state index contributed by atoms with van der Waals surface area (Å²) in [6.07, 6.45) is 1.31. The van der Waals surface area contributed by atoms with Crippen LogP contribution in [0.5, 0.6) is 0 Å². The van der Waals surface area contributed by atoms with Gasteiger partial charge in [-0.25, -0.2) is 4.39 Å². The summed E-state index contributed by atoms with van der Waals surface area (Å²) in [7, 11) is 0. The molecule has 0 aromatic heterocycles. The van der Waals surface area contributed by atoms with Crippen LogP contribution in [0.4, 0.5) is 10.1 Å². The minimum absolute atomic E-state index is 0.238. The van der Waals surface area contributed by atoms with Gasteiger partial charge in [-0.2, -0.15) is 5.26 Å². The number of hydrogen-bond acceptors (Lipinski definition) is 2. The molecule has 0 aliphatic carbocycles. The van der Waals surface area contributed by atoms with Crippen LogP contribution in [0.15, 0.2) is 18.2 Å². The third-order valence-electron chi connectivity index (χ3n) is 1.98. The van der Waals surface area contributed by atoms with Crippen molar-refractivity contribution in [3.63, 3.8) is 0 Å².